The lowest BCUT2D eigenvalue weighted by atomic mass is 9.98. The molecule has 0 spiro atoms. The molecular formula is C12H20ClNO2. The van der Waals surface area contributed by atoms with Crippen LogP contribution >= 0.6 is 11.6 Å². The van der Waals surface area contributed by atoms with Crippen molar-refractivity contribution < 1.29 is 9.53 Å². The maximum absolute atomic E-state index is 12.3. The van der Waals surface area contributed by atoms with Gasteiger partial charge in [-0.2, -0.15) is 0 Å². The first-order valence-corrected chi connectivity index (χ1v) is 6.76. The van der Waals surface area contributed by atoms with E-state index in [0.717, 1.165) is 39.0 Å². The summed E-state index contributed by atoms with van der Waals surface area (Å²) in [6.45, 7) is 4.54. The molecule has 2 aliphatic heterocycles. The van der Waals surface area contributed by atoms with Gasteiger partial charge < -0.3 is 9.64 Å². The number of ether oxygens (including phenoxy) is 1. The van der Waals surface area contributed by atoms with Crippen LogP contribution in [-0.4, -0.2) is 42.5 Å². The predicted molar refractivity (Wildman–Crippen MR) is 63.5 cm³/mol. The average Bonchev–Trinajstić information content (AvgIpc) is 2.96. The largest absolute Gasteiger partial charge is 0.377 e. The standard InChI is InChI=1S/C12H20ClNO2/c1-2-11-10(4-6-16-11)12(15)14-5-3-9(7-13)8-14/h9-11H,2-8H2,1H3. The highest BCUT2D eigenvalue weighted by atomic mass is 35.5. The number of nitrogens with zero attached hydrogens (tertiary/aromatic N) is 1. The Labute approximate surface area is 102 Å². The van der Waals surface area contributed by atoms with Crippen molar-refractivity contribution >= 4 is 17.5 Å². The van der Waals surface area contributed by atoms with Gasteiger partial charge in [0.1, 0.15) is 0 Å². The molecule has 3 atom stereocenters. The number of halogens is 1. The first-order chi connectivity index (χ1) is 7.76. The molecule has 0 N–H and O–H groups in total. The van der Waals surface area contributed by atoms with Crippen LogP contribution in [0.3, 0.4) is 0 Å². The number of carbonyl (C=O) groups is 1. The Bertz CT molecular complexity index is 259. The third kappa shape index (κ3) is 2.35. The molecule has 2 aliphatic rings. The van der Waals surface area contributed by atoms with E-state index in [4.69, 9.17) is 16.3 Å². The van der Waals surface area contributed by atoms with Gasteiger partial charge in [0.15, 0.2) is 0 Å². The van der Waals surface area contributed by atoms with Crippen LogP contribution in [0.25, 0.3) is 0 Å². The first-order valence-electron chi connectivity index (χ1n) is 6.22. The number of likely N-dealkylation sites (tertiary alicyclic amines) is 1. The molecule has 3 nitrogen and oxygen atoms in total. The van der Waals surface area contributed by atoms with Crippen LogP contribution in [0.4, 0.5) is 0 Å². The average molecular weight is 246 g/mol. The van der Waals surface area contributed by atoms with Gasteiger partial charge in [-0.1, -0.05) is 6.92 Å². The van der Waals surface area contributed by atoms with Crippen molar-refractivity contribution in [1.29, 1.82) is 0 Å². The molecule has 0 bridgehead atoms. The van der Waals surface area contributed by atoms with Gasteiger partial charge in [0.25, 0.3) is 0 Å². The number of hydrogen-bond donors (Lipinski definition) is 0. The summed E-state index contributed by atoms with van der Waals surface area (Å²) in [6.07, 6.45) is 3.02. The summed E-state index contributed by atoms with van der Waals surface area (Å²) in [4.78, 5) is 14.3. The Morgan fingerprint density at radius 3 is 2.94 bits per heavy atom. The molecule has 0 aromatic heterocycles. The SMILES string of the molecule is CCC1OCCC1C(=O)N1CCC(CCl)C1. The van der Waals surface area contributed by atoms with Crippen molar-refractivity contribution in [3.63, 3.8) is 0 Å². The monoisotopic (exact) mass is 245 g/mol. The number of hydrogen-bond acceptors (Lipinski definition) is 2. The summed E-state index contributed by atoms with van der Waals surface area (Å²) in [6, 6.07) is 0. The van der Waals surface area contributed by atoms with Crippen molar-refractivity contribution in [2.24, 2.45) is 11.8 Å². The quantitative estimate of drug-likeness (QED) is 0.711. The normalized spacial score (nSPS) is 34.6. The highest BCUT2D eigenvalue weighted by Crippen LogP contribution is 2.28. The molecule has 0 radical (unpaired) electrons. The molecule has 2 saturated heterocycles. The third-order valence-electron chi connectivity index (χ3n) is 3.74. The van der Waals surface area contributed by atoms with E-state index in [0.29, 0.717) is 11.8 Å². The number of alkyl halides is 1. The van der Waals surface area contributed by atoms with E-state index < -0.39 is 0 Å². The lowest BCUT2D eigenvalue weighted by Crippen LogP contribution is -2.37. The summed E-state index contributed by atoms with van der Waals surface area (Å²) >= 11 is 5.83. The minimum absolute atomic E-state index is 0.0964. The molecule has 0 aliphatic carbocycles. The fraction of sp³-hybridized carbons (Fsp3) is 0.917. The maximum Gasteiger partial charge on any atom is 0.228 e. The van der Waals surface area contributed by atoms with Gasteiger partial charge in [0.2, 0.25) is 5.91 Å². The zero-order valence-electron chi connectivity index (χ0n) is 9.82. The predicted octanol–water partition coefficient (Wildman–Crippen LogP) is 1.89. The summed E-state index contributed by atoms with van der Waals surface area (Å²) in [5.74, 6) is 1.55. The Hall–Kier alpha value is -0.280. The maximum atomic E-state index is 12.3. The third-order valence-corrected chi connectivity index (χ3v) is 4.18. The molecule has 16 heavy (non-hydrogen) atoms. The van der Waals surface area contributed by atoms with E-state index >= 15 is 0 Å². The minimum Gasteiger partial charge on any atom is -0.377 e. The lowest BCUT2D eigenvalue weighted by Gasteiger charge is -2.23. The second-order valence-corrected chi connectivity index (χ2v) is 5.11. The van der Waals surface area contributed by atoms with Crippen molar-refractivity contribution in [3.8, 4) is 0 Å². The second kappa shape index (κ2) is 5.37. The number of amides is 1. The summed E-state index contributed by atoms with van der Waals surface area (Å²) in [7, 11) is 0. The molecular weight excluding hydrogens is 226 g/mol. The summed E-state index contributed by atoms with van der Waals surface area (Å²) in [5.41, 5.74) is 0. The molecule has 0 saturated carbocycles. The van der Waals surface area contributed by atoms with Crippen LogP contribution in [0.15, 0.2) is 0 Å². The molecule has 0 aromatic carbocycles. The highest BCUT2D eigenvalue weighted by molar-refractivity contribution is 6.18. The zero-order valence-corrected chi connectivity index (χ0v) is 10.6. The number of rotatable bonds is 3. The smallest absolute Gasteiger partial charge is 0.228 e. The van der Waals surface area contributed by atoms with E-state index in [1.54, 1.807) is 0 Å². The van der Waals surface area contributed by atoms with Gasteiger partial charge in [-0.3, -0.25) is 4.79 Å². The Morgan fingerprint density at radius 1 is 1.50 bits per heavy atom. The van der Waals surface area contributed by atoms with Crippen molar-refractivity contribution in [1.82, 2.24) is 4.90 Å². The van der Waals surface area contributed by atoms with E-state index in [9.17, 15) is 4.79 Å². The lowest BCUT2D eigenvalue weighted by molar-refractivity contribution is -0.136. The number of carbonyl (C=O) groups excluding carboxylic acids is 1. The topological polar surface area (TPSA) is 29.5 Å². The fourth-order valence-corrected chi connectivity index (χ4v) is 2.98. The van der Waals surface area contributed by atoms with Gasteiger partial charge in [-0.05, 0) is 25.2 Å². The van der Waals surface area contributed by atoms with E-state index in [2.05, 4.69) is 6.92 Å². The second-order valence-electron chi connectivity index (χ2n) is 4.81. The van der Waals surface area contributed by atoms with Gasteiger partial charge in [-0.15, -0.1) is 11.6 Å². The van der Waals surface area contributed by atoms with Crippen molar-refractivity contribution in [2.75, 3.05) is 25.6 Å². The Kier molecular flexibility index (Phi) is 4.09. The molecule has 92 valence electrons. The van der Waals surface area contributed by atoms with Crippen LogP contribution in [0.2, 0.25) is 0 Å². The summed E-state index contributed by atoms with van der Waals surface area (Å²) in [5, 5.41) is 0. The Balaban J connectivity index is 1.92. The molecule has 4 heteroatoms. The fourth-order valence-electron chi connectivity index (χ4n) is 2.73. The van der Waals surface area contributed by atoms with Gasteiger partial charge in [-0.25, -0.2) is 0 Å². The van der Waals surface area contributed by atoms with Gasteiger partial charge >= 0.3 is 0 Å². The first kappa shape index (κ1) is 12.2. The van der Waals surface area contributed by atoms with Crippen molar-refractivity contribution in [2.45, 2.75) is 32.3 Å². The molecule has 3 unspecified atom stereocenters. The molecule has 0 aromatic rings. The van der Waals surface area contributed by atoms with Crippen LogP contribution in [0.5, 0.6) is 0 Å². The van der Waals surface area contributed by atoms with Gasteiger partial charge in [0.05, 0.1) is 12.0 Å². The van der Waals surface area contributed by atoms with Crippen molar-refractivity contribution in [3.05, 3.63) is 0 Å². The summed E-state index contributed by atoms with van der Waals surface area (Å²) < 4.78 is 5.58. The Morgan fingerprint density at radius 2 is 2.31 bits per heavy atom. The molecule has 2 heterocycles. The van der Waals surface area contributed by atoms with E-state index in [-0.39, 0.29) is 17.9 Å². The van der Waals surface area contributed by atoms with Crippen LogP contribution in [0, 0.1) is 11.8 Å². The molecule has 2 fully saturated rings. The van der Waals surface area contributed by atoms with E-state index in [1.165, 1.54) is 0 Å². The van der Waals surface area contributed by atoms with Crippen LogP contribution < -0.4 is 0 Å². The minimum atomic E-state index is 0.0964. The van der Waals surface area contributed by atoms with Gasteiger partial charge in [0, 0.05) is 25.6 Å². The van der Waals surface area contributed by atoms with E-state index in [1.807, 2.05) is 4.90 Å². The van der Waals surface area contributed by atoms with Crippen LogP contribution in [0.1, 0.15) is 26.2 Å². The highest BCUT2D eigenvalue weighted by Gasteiger charge is 2.37. The zero-order chi connectivity index (χ0) is 11.5. The van der Waals surface area contributed by atoms with Crippen LogP contribution in [-0.2, 0) is 9.53 Å². The molecule has 1 amide bonds. The molecule has 2 rings (SSSR count).